The van der Waals surface area contributed by atoms with Crippen LogP contribution >= 0.6 is 22.9 Å². The van der Waals surface area contributed by atoms with Crippen LogP contribution in [-0.2, 0) is 6.42 Å². The minimum atomic E-state index is -0.449. The fourth-order valence-corrected chi connectivity index (χ4v) is 2.68. The van der Waals surface area contributed by atoms with Gasteiger partial charge in [0.05, 0.1) is 10.4 Å². The van der Waals surface area contributed by atoms with Crippen LogP contribution in [0.25, 0.3) is 0 Å². The van der Waals surface area contributed by atoms with Gasteiger partial charge < -0.3 is 5.11 Å². The number of halogens is 1. The molecule has 1 aromatic heterocycles. The first-order valence-corrected chi connectivity index (χ1v) is 6.33. The van der Waals surface area contributed by atoms with Crippen LogP contribution in [0.5, 0.6) is 0 Å². The Morgan fingerprint density at radius 2 is 1.88 bits per heavy atom. The van der Waals surface area contributed by atoms with Crippen molar-refractivity contribution in [2.75, 3.05) is 0 Å². The molecule has 2 aromatic rings. The van der Waals surface area contributed by atoms with E-state index in [0.717, 1.165) is 14.8 Å². The van der Waals surface area contributed by atoms with Crippen molar-refractivity contribution in [3.63, 3.8) is 0 Å². The molecule has 0 spiro atoms. The summed E-state index contributed by atoms with van der Waals surface area (Å²) in [6.07, 6.45) is 0.177. The Balaban J connectivity index is 2.08. The largest absolute Gasteiger partial charge is 0.388 e. The van der Waals surface area contributed by atoms with Gasteiger partial charge >= 0.3 is 0 Å². The summed E-state index contributed by atoms with van der Waals surface area (Å²) in [6.45, 7) is 2.04. The number of hydrogen-bond donors (Lipinski definition) is 1. The lowest BCUT2D eigenvalue weighted by molar-refractivity contribution is 0.179. The Kier molecular flexibility index (Phi) is 3.64. The molecule has 16 heavy (non-hydrogen) atoms. The molecular weight excluding hydrogens is 240 g/mol. The van der Waals surface area contributed by atoms with Crippen LogP contribution in [0.15, 0.2) is 36.4 Å². The Bertz CT molecular complexity index is 461. The SMILES string of the molecule is Cc1ccc(C(O)Cc2ccc(Cl)s2)cc1. The van der Waals surface area contributed by atoms with Crippen LogP contribution in [0.1, 0.15) is 22.1 Å². The van der Waals surface area contributed by atoms with Crippen molar-refractivity contribution in [3.8, 4) is 0 Å². The van der Waals surface area contributed by atoms with Crippen LogP contribution in [0, 0.1) is 6.92 Å². The molecular formula is C13H13ClOS. The van der Waals surface area contributed by atoms with Crippen molar-refractivity contribution in [1.29, 1.82) is 0 Å². The van der Waals surface area contributed by atoms with Crippen LogP contribution in [0.2, 0.25) is 4.34 Å². The van der Waals surface area contributed by atoms with Gasteiger partial charge in [-0.3, -0.25) is 0 Å². The molecule has 1 N–H and O–H groups in total. The third-order valence-electron chi connectivity index (χ3n) is 2.49. The van der Waals surface area contributed by atoms with Crippen molar-refractivity contribution >= 4 is 22.9 Å². The highest BCUT2D eigenvalue weighted by Crippen LogP contribution is 2.26. The van der Waals surface area contributed by atoms with Crippen molar-refractivity contribution in [1.82, 2.24) is 0 Å². The van der Waals surface area contributed by atoms with Gasteiger partial charge in [-0.15, -0.1) is 11.3 Å². The smallest absolute Gasteiger partial charge is 0.0931 e. The molecule has 0 saturated carbocycles. The second-order valence-electron chi connectivity index (χ2n) is 3.84. The van der Waals surface area contributed by atoms with Gasteiger partial charge in [0.1, 0.15) is 0 Å². The Hall–Kier alpha value is -0.830. The second kappa shape index (κ2) is 5.00. The van der Waals surface area contributed by atoms with E-state index < -0.39 is 6.10 Å². The third-order valence-corrected chi connectivity index (χ3v) is 3.74. The van der Waals surface area contributed by atoms with Gasteiger partial charge in [-0.05, 0) is 24.6 Å². The summed E-state index contributed by atoms with van der Waals surface area (Å²) in [6, 6.07) is 11.8. The van der Waals surface area contributed by atoms with Crippen LogP contribution in [-0.4, -0.2) is 5.11 Å². The van der Waals surface area contributed by atoms with E-state index >= 15 is 0 Å². The summed E-state index contributed by atoms with van der Waals surface area (Å²) < 4.78 is 0.770. The topological polar surface area (TPSA) is 20.2 Å². The van der Waals surface area contributed by atoms with Crippen LogP contribution in [0.4, 0.5) is 0 Å². The average Bonchev–Trinajstić information content (AvgIpc) is 2.65. The quantitative estimate of drug-likeness (QED) is 0.876. The highest BCUT2D eigenvalue weighted by molar-refractivity contribution is 7.16. The first-order chi connectivity index (χ1) is 7.65. The summed E-state index contributed by atoms with van der Waals surface area (Å²) in [5.41, 5.74) is 2.16. The summed E-state index contributed by atoms with van der Waals surface area (Å²) in [7, 11) is 0. The van der Waals surface area contributed by atoms with E-state index in [2.05, 4.69) is 0 Å². The Labute approximate surface area is 104 Å². The monoisotopic (exact) mass is 252 g/mol. The predicted octanol–water partition coefficient (Wildman–Crippen LogP) is 3.99. The first-order valence-electron chi connectivity index (χ1n) is 5.14. The lowest BCUT2D eigenvalue weighted by Crippen LogP contribution is -2.00. The van der Waals surface area contributed by atoms with E-state index in [9.17, 15) is 5.11 Å². The van der Waals surface area contributed by atoms with Crippen molar-refractivity contribution in [2.45, 2.75) is 19.4 Å². The van der Waals surface area contributed by atoms with Crippen molar-refractivity contribution < 1.29 is 5.11 Å². The molecule has 1 heterocycles. The first kappa shape index (κ1) is 11.6. The maximum absolute atomic E-state index is 10.0. The highest BCUT2D eigenvalue weighted by atomic mass is 35.5. The molecule has 0 amide bonds. The molecule has 0 aliphatic rings. The van der Waals surface area contributed by atoms with E-state index in [1.165, 1.54) is 16.9 Å². The molecule has 0 fully saturated rings. The lowest BCUT2D eigenvalue weighted by atomic mass is 10.0. The minimum Gasteiger partial charge on any atom is -0.388 e. The summed E-state index contributed by atoms with van der Waals surface area (Å²) in [4.78, 5) is 1.11. The molecule has 0 saturated heterocycles. The summed E-state index contributed by atoms with van der Waals surface area (Å²) >= 11 is 7.37. The zero-order valence-electron chi connectivity index (χ0n) is 8.98. The van der Waals surface area contributed by atoms with Gasteiger partial charge in [0, 0.05) is 11.3 Å². The summed E-state index contributed by atoms with van der Waals surface area (Å²) in [5, 5.41) is 10.0. The van der Waals surface area contributed by atoms with E-state index in [1.807, 2.05) is 43.3 Å². The molecule has 0 radical (unpaired) electrons. The molecule has 2 rings (SSSR count). The van der Waals surface area contributed by atoms with Gasteiger partial charge in [0.25, 0.3) is 0 Å². The molecule has 0 aliphatic heterocycles. The fourth-order valence-electron chi connectivity index (χ4n) is 1.56. The molecule has 1 aromatic carbocycles. The Morgan fingerprint density at radius 3 is 2.44 bits per heavy atom. The second-order valence-corrected chi connectivity index (χ2v) is 5.64. The standard InChI is InChI=1S/C13H13ClOS/c1-9-2-4-10(5-3-9)12(15)8-11-6-7-13(14)16-11/h2-7,12,15H,8H2,1H3. The van der Waals surface area contributed by atoms with Gasteiger partial charge in [0.2, 0.25) is 0 Å². The molecule has 0 aliphatic carbocycles. The Morgan fingerprint density at radius 1 is 1.19 bits per heavy atom. The number of hydrogen-bond acceptors (Lipinski definition) is 2. The molecule has 1 nitrogen and oxygen atoms in total. The minimum absolute atomic E-state index is 0.449. The van der Waals surface area contributed by atoms with E-state index in [1.54, 1.807) is 0 Å². The fraction of sp³-hybridized carbons (Fsp3) is 0.231. The maximum atomic E-state index is 10.0. The predicted molar refractivity (Wildman–Crippen MR) is 69.2 cm³/mol. The highest BCUT2D eigenvalue weighted by Gasteiger charge is 2.09. The number of rotatable bonds is 3. The third kappa shape index (κ3) is 2.85. The van der Waals surface area contributed by atoms with Crippen LogP contribution in [0.3, 0.4) is 0 Å². The van der Waals surface area contributed by atoms with Crippen molar-refractivity contribution in [3.05, 3.63) is 56.7 Å². The molecule has 0 bridgehead atoms. The number of aliphatic hydroxyl groups is 1. The molecule has 1 unspecified atom stereocenters. The zero-order valence-corrected chi connectivity index (χ0v) is 10.6. The van der Waals surface area contributed by atoms with Gasteiger partial charge in [-0.1, -0.05) is 41.4 Å². The number of aryl methyl sites for hydroxylation is 1. The normalized spacial score (nSPS) is 12.7. The van der Waals surface area contributed by atoms with Crippen LogP contribution < -0.4 is 0 Å². The number of benzene rings is 1. The van der Waals surface area contributed by atoms with E-state index in [0.29, 0.717) is 6.42 Å². The van der Waals surface area contributed by atoms with Crippen molar-refractivity contribution in [2.24, 2.45) is 0 Å². The van der Waals surface area contributed by atoms with E-state index in [4.69, 9.17) is 11.6 Å². The zero-order chi connectivity index (χ0) is 11.5. The van der Waals surface area contributed by atoms with E-state index in [-0.39, 0.29) is 0 Å². The van der Waals surface area contributed by atoms with Gasteiger partial charge in [0.15, 0.2) is 0 Å². The maximum Gasteiger partial charge on any atom is 0.0931 e. The number of thiophene rings is 1. The molecule has 3 heteroatoms. The van der Waals surface area contributed by atoms with Gasteiger partial charge in [-0.2, -0.15) is 0 Å². The summed E-state index contributed by atoms with van der Waals surface area (Å²) in [5.74, 6) is 0. The number of aliphatic hydroxyl groups excluding tert-OH is 1. The van der Waals surface area contributed by atoms with Gasteiger partial charge in [-0.25, -0.2) is 0 Å². The lowest BCUT2D eigenvalue weighted by Gasteiger charge is -2.09. The molecule has 84 valence electrons. The average molecular weight is 253 g/mol. The molecule has 1 atom stereocenters.